The molecule has 0 aliphatic rings. The summed E-state index contributed by atoms with van der Waals surface area (Å²) in [7, 11) is 0. The van der Waals surface area contributed by atoms with Gasteiger partial charge in [0.1, 0.15) is 23.7 Å². The van der Waals surface area contributed by atoms with Crippen LogP contribution in [0.5, 0.6) is 0 Å². The van der Waals surface area contributed by atoms with Crippen LogP contribution < -0.4 is 16.4 Å². The number of carbonyl (C=O) groups excluding carboxylic acids is 1. The molecule has 0 unspecified atom stereocenters. The normalized spacial score (nSPS) is 12.3. The maximum atomic E-state index is 15.1. The second kappa shape index (κ2) is 10.0. The number of aliphatic imine (C=N–C) groups is 1. The number of benzene rings is 1. The highest BCUT2D eigenvalue weighted by atomic mass is 19.1. The smallest absolute Gasteiger partial charge is 0.326 e. The summed E-state index contributed by atoms with van der Waals surface area (Å²) in [6.45, 7) is 11.2. The number of nitrogens with one attached hydrogen (secondary N) is 2. The van der Waals surface area contributed by atoms with Gasteiger partial charge < -0.3 is 15.6 Å². The van der Waals surface area contributed by atoms with E-state index in [4.69, 9.17) is 10.3 Å². The number of nitrogens with two attached hydrogens (primary N) is 1. The number of nitrogen functional groups attached to an aromatic ring is 1. The third-order valence-corrected chi connectivity index (χ3v) is 5.39. The standard InChI is InChI=1S/C25H26FN9O2/c1-6-15(9-10-28-5)35-23-20(22(27)29-13-30-23)21(33-35)14-7-8-17(16(26)11-14)31-24(36)32-19-12-18(34-37-19)25(2,3)4/h6-13H,5H2,1-4H3,(H2,27,29,30)(H2,31,32,36)/b10-9-,15-6+. The number of anilines is 3. The highest BCUT2D eigenvalue weighted by molar-refractivity contribution is 6.01. The summed E-state index contributed by atoms with van der Waals surface area (Å²) in [5.41, 5.74) is 8.40. The van der Waals surface area contributed by atoms with Gasteiger partial charge in [-0.2, -0.15) is 5.10 Å². The minimum absolute atomic E-state index is 0.0427. The van der Waals surface area contributed by atoms with Crippen molar-refractivity contribution in [1.82, 2.24) is 24.9 Å². The first kappa shape index (κ1) is 25.2. The lowest BCUT2D eigenvalue weighted by Crippen LogP contribution is -2.20. The second-order valence-corrected chi connectivity index (χ2v) is 9.03. The maximum absolute atomic E-state index is 15.1. The number of aromatic nitrogens is 5. The number of allylic oxidation sites excluding steroid dienone is 3. The number of hydrogen-bond donors (Lipinski definition) is 3. The molecule has 0 bridgehead atoms. The number of carbonyl (C=O) groups is 1. The largest absolute Gasteiger partial charge is 0.383 e. The van der Waals surface area contributed by atoms with E-state index in [9.17, 15) is 4.79 Å². The average Bonchev–Trinajstić information content (AvgIpc) is 3.47. The van der Waals surface area contributed by atoms with Crippen LogP contribution in [0.2, 0.25) is 0 Å². The minimum atomic E-state index is -0.684. The molecule has 3 heterocycles. The molecule has 4 rings (SSSR count). The van der Waals surface area contributed by atoms with E-state index in [0.717, 1.165) is 0 Å². The Morgan fingerprint density at radius 3 is 2.68 bits per heavy atom. The van der Waals surface area contributed by atoms with Gasteiger partial charge >= 0.3 is 6.03 Å². The highest BCUT2D eigenvalue weighted by Crippen LogP contribution is 2.33. The molecule has 37 heavy (non-hydrogen) atoms. The Labute approximate surface area is 212 Å². The van der Waals surface area contributed by atoms with Gasteiger partial charge in [0.2, 0.25) is 5.88 Å². The van der Waals surface area contributed by atoms with Crippen LogP contribution in [0.4, 0.5) is 26.6 Å². The molecule has 12 heteroatoms. The summed E-state index contributed by atoms with van der Waals surface area (Å²) in [5.74, 6) is -0.343. The van der Waals surface area contributed by atoms with Gasteiger partial charge in [-0.15, -0.1) is 0 Å². The fourth-order valence-corrected chi connectivity index (χ4v) is 3.49. The molecule has 2 amide bonds. The van der Waals surface area contributed by atoms with E-state index in [1.807, 2.05) is 27.7 Å². The fourth-order valence-electron chi connectivity index (χ4n) is 3.49. The quantitative estimate of drug-likeness (QED) is 0.241. The third-order valence-electron chi connectivity index (χ3n) is 5.39. The van der Waals surface area contributed by atoms with Crippen molar-refractivity contribution in [3.8, 4) is 11.3 Å². The zero-order valence-electron chi connectivity index (χ0n) is 20.8. The van der Waals surface area contributed by atoms with Crippen LogP contribution in [0.3, 0.4) is 0 Å². The molecule has 0 saturated heterocycles. The second-order valence-electron chi connectivity index (χ2n) is 9.03. The van der Waals surface area contributed by atoms with Crippen molar-refractivity contribution in [2.45, 2.75) is 33.1 Å². The first-order valence-corrected chi connectivity index (χ1v) is 11.3. The van der Waals surface area contributed by atoms with Crippen LogP contribution in [-0.2, 0) is 5.41 Å². The molecular weight excluding hydrogens is 477 g/mol. The van der Waals surface area contributed by atoms with Crippen molar-refractivity contribution < 1.29 is 13.7 Å². The molecule has 4 N–H and O–H groups in total. The number of urea groups is 1. The lowest BCUT2D eigenvalue weighted by atomic mass is 9.92. The maximum Gasteiger partial charge on any atom is 0.326 e. The molecule has 0 saturated carbocycles. The summed E-state index contributed by atoms with van der Waals surface area (Å²) in [4.78, 5) is 24.5. The Balaban J connectivity index is 1.63. The van der Waals surface area contributed by atoms with Gasteiger partial charge in [-0.3, -0.25) is 10.3 Å². The predicted octanol–water partition coefficient (Wildman–Crippen LogP) is 5.22. The number of amides is 2. The van der Waals surface area contributed by atoms with Crippen molar-refractivity contribution in [2.75, 3.05) is 16.4 Å². The summed E-state index contributed by atoms with van der Waals surface area (Å²) < 4.78 is 21.8. The molecular formula is C25H26FN9O2. The molecule has 1 aromatic carbocycles. The van der Waals surface area contributed by atoms with Crippen molar-refractivity contribution in [2.24, 2.45) is 4.99 Å². The Kier molecular flexibility index (Phi) is 6.83. The number of rotatable bonds is 6. The molecule has 0 radical (unpaired) electrons. The van der Waals surface area contributed by atoms with Crippen LogP contribution in [0.25, 0.3) is 28.0 Å². The number of nitrogens with zero attached hydrogens (tertiary/aromatic N) is 6. The zero-order valence-corrected chi connectivity index (χ0v) is 20.8. The first-order chi connectivity index (χ1) is 17.6. The van der Waals surface area contributed by atoms with E-state index in [1.54, 1.807) is 29.0 Å². The van der Waals surface area contributed by atoms with Crippen LogP contribution in [0, 0.1) is 5.82 Å². The zero-order chi connectivity index (χ0) is 26.7. The van der Waals surface area contributed by atoms with Crippen molar-refractivity contribution in [3.05, 3.63) is 60.5 Å². The van der Waals surface area contributed by atoms with Crippen molar-refractivity contribution in [3.63, 3.8) is 0 Å². The van der Waals surface area contributed by atoms with Crippen LogP contribution in [0.15, 0.2) is 58.5 Å². The highest BCUT2D eigenvalue weighted by Gasteiger charge is 2.21. The van der Waals surface area contributed by atoms with E-state index in [1.165, 1.54) is 24.7 Å². The van der Waals surface area contributed by atoms with Crippen LogP contribution in [0.1, 0.15) is 33.4 Å². The molecule has 0 aliphatic carbocycles. The molecule has 0 fully saturated rings. The van der Waals surface area contributed by atoms with E-state index < -0.39 is 11.8 Å². The molecule has 3 aromatic heterocycles. The Bertz CT molecular complexity index is 1540. The lowest BCUT2D eigenvalue weighted by molar-refractivity contribution is 0.261. The Morgan fingerprint density at radius 1 is 1.24 bits per heavy atom. The average molecular weight is 504 g/mol. The third kappa shape index (κ3) is 5.22. The minimum Gasteiger partial charge on any atom is -0.383 e. The molecule has 11 nitrogen and oxygen atoms in total. The monoisotopic (exact) mass is 503 g/mol. The van der Waals surface area contributed by atoms with E-state index in [2.05, 4.69) is 42.6 Å². The fraction of sp³-hybridized carbons (Fsp3) is 0.200. The predicted molar refractivity (Wildman–Crippen MR) is 142 cm³/mol. The van der Waals surface area contributed by atoms with Gasteiger partial charge in [0.15, 0.2) is 5.65 Å². The first-order valence-electron chi connectivity index (χ1n) is 11.3. The number of fused-ring (bicyclic) bond motifs is 1. The summed E-state index contributed by atoms with van der Waals surface area (Å²) in [5, 5.41) is 14.0. The molecule has 0 spiro atoms. The lowest BCUT2D eigenvalue weighted by Gasteiger charge is -2.12. The van der Waals surface area contributed by atoms with Gasteiger partial charge in [-0.1, -0.05) is 38.1 Å². The molecule has 190 valence electrons. The van der Waals surface area contributed by atoms with Crippen LogP contribution >= 0.6 is 0 Å². The molecule has 0 aliphatic heterocycles. The molecule has 0 atom stereocenters. The van der Waals surface area contributed by atoms with Gasteiger partial charge in [0, 0.05) is 23.2 Å². The van der Waals surface area contributed by atoms with E-state index >= 15 is 4.39 Å². The SMILES string of the molecule is C=N/C=C\C(=C/C)n1nc(-c2ccc(NC(=O)Nc3cc(C(C)(C)C)no3)c(F)c2)c2c(N)ncnc21. The Hall–Kier alpha value is -4.87. The summed E-state index contributed by atoms with van der Waals surface area (Å²) in [6.07, 6.45) is 6.35. The van der Waals surface area contributed by atoms with E-state index in [0.29, 0.717) is 33.7 Å². The van der Waals surface area contributed by atoms with Crippen molar-refractivity contribution in [1.29, 1.82) is 0 Å². The summed E-state index contributed by atoms with van der Waals surface area (Å²) >= 11 is 0. The summed E-state index contributed by atoms with van der Waals surface area (Å²) in [6, 6.07) is 5.22. The number of hydrogen-bond acceptors (Lipinski definition) is 8. The van der Waals surface area contributed by atoms with Gasteiger partial charge in [0.25, 0.3) is 0 Å². The topological polar surface area (TPSA) is 149 Å². The van der Waals surface area contributed by atoms with Crippen molar-refractivity contribution >= 4 is 46.9 Å². The molecule has 4 aromatic rings. The van der Waals surface area contributed by atoms with Crippen LogP contribution in [-0.4, -0.2) is 37.7 Å². The Morgan fingerprint density at radius 2 is 2.03 bits per heavy atom. The van der Waals surface area contributed by atoms with Gasteiger partial charge in [-0.25, -0.2) is 23.8 Å². The van der Waals surface area contributed by atoms with Gasteiger partial charge in [-0.05, 0) is 31.9 Å². The van der Waals surface area contributed by atoms with Gasteiger partial charge in [0.05, 0.1) is 22.5 Å². The number of halogens is 1. The van der Waals surface area contributed by atoms with E-state index in [-0.39, 0.29) is 22.8 Å².